The van der Waals surface area contributed by atoms with E-state index in [2.05, 4.69) is 4.98 Å². The van der Waals surface area contributed by atoms with Crippen LogP contribution < -0.4 is 0 Å². The molecule has 2 aromatic heterocycles. The fourth-order valence-corrected chi connectivity index (χ4v) is 2.26. The van der Waals surface area contributed by atoms with Crippen LogP contribution in [0.15, 0.2) is 22.8 Å². The zero-order valence-corrected chi connectivity index (χ0v) is 14.2. The Labute approximate surface area is 144 Å². The number of aromatic amines is 1. The van der Waals surface area contributed by atoms with Gasteiger partial charge in [-0.05, 0) is 38.5 Å². The number of hydrogen-bond donors (Lipinski definition) is 1. The summed E-state index contributed by atoms with van der Waals surface area (Å²) in [6.07, 6.45) is 1.35. The van der Waals surface area contributed by atoms with Crippen LogP contribution in [0.1, 0.15) is 56.5 Å². The van der Waals surface area contributed by atoms with Crippen LogP contribution in [0.5, 0.6) is 0 Å². The van der Waals surface area contributed by atoms with Gasteiger partial charge in [-0.15, -0.1) is 0 Å². The summed E-state index contributed by atoms with van der Waals surface area (Å²) in [5.41, 5.74) is 0.894. The molecule has 0 bridgehead atoms. The quantitative estimate of drug-likeness (QED) is 0.604. The van der Waals surface area contributed by atoms with Crippen LogP contribution in [0.2, 0.25) is 0 Å². The van der Waals surface area contributed by atoms with E-state index in [1.807, 2.05) is 0 Å². The number of H-pyrrole nitrogens is 1. The van der Waals surface area contributed by atoms with Crippen LogP contribution in [0, 0.1) is 6.92 Å². The van der Waals surface area contributed by atoms with Crippen LogP contribution in [0.3, 0.4) is 0 Å². The predicted molar refractivity (Wildman–Crippen MR) is 85.3 cm³/mol. The highest BCUT2D eigenvalue weighted by Gasteiger charge is 2.26. The lowest BCUT2D eigenvalue weighted by atomic mass is 10.1. The highest BCUT2D eigenvalue weighted by atomic mass is 16.5. The molecule has 8 nitrogen and oxygen atoms in total. The van der Waals surface area contributed by atoms with Gasteiger partial charge >= 0.3 is 17.9 Å². The highest BCUT2D eigenvalue weighted by molar-refractivity contribution is 5.98. The van der Waals surface area contributed by atoms with Crippen molar-refractivity contribution in [1.29, 1.82) is 0 Å². The third kappa shape index (κ3) is 4.09. The lowest BCUT2D eigenvalue weighted by Crippen LogP contribution is -2.11. The second kappa shape index (κ2) is 8.18. The minimum atomic E-state index is -0.690. The number of ether oxygens (including phenoxy) is 3. The summed E-state index contributed by atoms with van der Waals surface area (Å²) in [6, 6.07) is 3.01. The Bertz CT molecular complexity index is 758. The van der Waals surface area contributed by atoms with Gasteiger partial charge in [-0.3, -0.25) is 0 Å². The topological polar surface area (TPSA) is 108 Å². The molecule has 0 aliphatic rings. The SMILES string of the molecule is CCOC(=O)c1[nH]c(COC(=O)c2ccco2)c(C(=O)OCC)c1C. The first-order chi connectivity index (χ1) is 12.0. The average molecular weight is 349 g/mol. The van der Waals surface area contributed by atoms with Crippen LogP contribution in [-0.2, 0) is 20.8 Å². The molecule has 0 aliphatic carbocycles. The van der Waals surface area contributed by atoms with Crippen molar-refractivity contribution in [3.05, 3.63) is 46.7 Å². The van der Waals surface area contributed by atoms with Crippen molar-refractivity contribution in [3.8, 4) is 0 Å². The van der Waals surface area contributed by atoms with Gasteiger partial charge in [0.25, 0.3) is 0 Å². The van der Waals surface area contributed by atoms with Gasteiger partial charge in [0.05, 0.1) is 30.7 Å². The van der Waals surface area contributed by atoms with Gasteiger partial charge in [0.15, 0.2) is 0 Å². The molecule has 0 aliphatic heterocycles. The van der Waals surface area contributed by atoms with Crippen LogP contribution in [-0.4, -0.2) is 36.1 Å². The molecule has 0 saturated carbocycles. The Morgan fingerprint density at radius 1 is 1.04 bits per heavy atom. The third-order valence-corrected chi connectivity index (χ3v) is 3.36. The van der Waals surface area contributed by atoms with Gasteiger partial charge in [0.2, 0.25) is 5.76 Å². The largest absolute Gasteiger partial charge is 0.462 e. The first-order valence-corrected chi connectivity index (χ1v) is 7.75. The predicted octanol–water partition coefficient (Wildman–Crippen LogP) is 2.63. The summed E-state index contributed by atoms with van der Waals surface area (Å²) in [6.45, 7) is 5.04. The number of furan rings is 1. The number of hydrogen-bond acceptors (Lipinski definition) is 7. The van der Waals surface area contributed by atoms with Gasteiger partial charge in [0.1, 0.15) is 12.3 Å². The van der Waals surface area contributed by atoms with E-state index in [9.17, 15) is 14.4 Å². The second-order valence-electron chi connectivity index (χ2n) is 4.97. The maximum Gasteiger partial charge on any atom is 0.374 e. The molecule has 2 aromatic rings. The Kier molecular flexibility index (Phi) is 5.99. The Hall–Kier alpha value is -3.03. The summed E-state index contributed by atoms with van der Waals surface area (Å²) < 4.78 is 20.0. The van der Waals surface area contributed by atoms with E-state index in [0.29, 0.717) is 5.56 Å². The standard InChI is InChI=1S/C17H19NO7/c1-4-22-16(20)13-10(3)14(17(21)23-5-2)18-11(13)9-25-15(19)12-7-6-8-24-12/h6-8,18H,4-5,9H2,1-3H3. The monoisotopic (exact) mass is 349 g/mol. The lowest BCUT2D eigenvalue weighted by Gasteiger charge is -2.06. The Balaban J connectivity index is 2.27. The lowest BCUT2D eigenvalue weighted by molar-refractivity contribution is 0.0415. The third-order valence-electron chi connectivity index (χ3n) is 3.36. The summed E-state index contributed by atoms with van der Waals surface area (Å²) in [7, 11) is 0. The van der Waals surface area contributed by atoms with E-state index in [1.54, 1.807) is 26.8 Å². The number of esters is 3. The van der Waals surface area contributed by atoms with E-state index in [0.717, 1.165) is 0 Å². The van der Waals surface area contributed by atoms with E-state index in [4.69, 9.17) is 18.6 Å². The molecular weight excluding hydrogens is 330 g/mol. The molecule has 25 heavy (non-hydrogen) atoms. The molecule has 0 amide bonds. The molecule has 0 radical (unpaired) electrons. The number of rotatable bonds is 7. The maximum atomic E-state index is 12.2. The summed E-state index contributed by atoms with van der Waals surface area (Å²) in [4.78, 5) is 38.9. The van der Waals surface area contributed by atoms with Gasteiger partial charge < -0.3 is 23.6 Å². The van der Waals surface area contributed by atoms with Crippen LogP contribution in [0.25, 0.3) is 0 Å². The highest BCUT2D eigenvalue weighted by Crippen LogP contribution is 2.22. The number of nitrogens with one attached hydrogen (secondary N) is 1. The van der Waals surface area contributed by atoms with Crippen molar-refractivity contribution in [1.82, 2.24) is 4.98 Å². The van der Waals surface area contributed by atoms with Gasteiger partial charge in [-0.2, -0.15) is 0 Å². The van der Waals surface area contributed by atoms with Crippen molar-refractivity contribution in [2.75, 3.05) is 13.2 Å². The van der Waals surface area contributed by atoms with Crippen LogP contribution >= 0.6 is 0 Å². The fraction of sp³-hybridized carbons (Fsp3) is 0.353. The molecule has 2 rings (SSSR count). The minimum Gasteiger partial charge on any atom is -0.462 e. The molecule has 1 N–H and O–H groups in total. The number of carbonyl (C=O) groups excluding carboxylic acids is 3. The molecule has 8 heteroatoms. The smallest absolute Gasteiger partial charge is 0.374 e. The average Bonchev–Trinajstić information content (AvgIpc) is 3.21. The first kappa shape index (κ1) is 18.3. The summed E-state index contributed by atoms with van der Waals surface area (Å²) >= 11 is 0. The van der Waals surface area contributed by atoms with E-state index in [-0.39, 0.29) is 42.5 Å². The van der Waals surface area contributed by atoms with Crippen molar-refractivity contribution in [2.45, 2.75) is 27.4 Å². The molecule has 0 spiro atoms. The summed E-state index contributed by atoms with van der Waals surface area (Å²) in [5, 5.41) is 0. The molecular formula is C17H19NO7. The van der Waals surface area contributed by atoms with E-state index >= 15 is 0 Å². The van der Waals surface area contributed by atoms with Crippen LogP contribution in [0.4, 0.5) is 0 Å². The number of carbonyl (C=O) groups is 3. The zero-order valence-electron chi connectivity index (χ0n) is 14.2. The Morgan fingerprint density at radius 3 is 2.32 bits per heavy atom. The van der Waals surface area contributed by atoms with Crippen molar-refractivity contribution >= 4 is 17.9 Å². The minimum absolute atomic E-state index is 0.0339. The molecule has 0 unspecified atom stereocenters. The van der Waals surface area contributed by atoms with Crippen molar-refractivity contribution in [3.63, 3.8) is 0 Å². The van der Waals surface area contributed by atoms with E-state index in [1.165, 1.54) is 12.3 Å². The number of aromatic nitrogens is 1. The molecule has 0 atom stereocenters. The van der Waals surface area contributed by atoms with E-state index < -0.39 is 17.9 Å². The van der Waals surface area contributed by atoms with Crippen molar-refractivity contribution in [2.24, 2.45) is 0 Å². The normalized spacial score (nSPS) is 10.4. The van der Waals surface area contributed by atoms with Gasteiger partial charge in [-0.25, -0.2) is 14.4 Å². The fourth-order valence-electron chi connectivity index (χ4n) is 2.26. The second-order valence-corrected chi connectivity index (χ2v) is 4.97. The molecule has 0 aromatic carbocycles. The molecule has 134 valence electrons. The summed E-state index contributed by atoms with van der Waals surface area (Å²) in [5.74, 6) is -1.87. The van der Waals surface area contributed by atoms with Crippen molar-refractivity contribution < 1.29 is 33.0 Å². The van der Waals surface area contributed by atoms with Gasteiger partial charge in [-0.1, -0.05) is 0 Å². The maximum absolute atomic E-state index is 12.2. The molecule has 0 fully saturated rings. The zero-order chi connectivity index (χ0) is 18.4. The first-order valence-electron chi connectivity index (χ1n) is 7.75. The molecule has 0 saturated heterocycles. The van der Waals surface area contributed by atoms with Gasteiger partial charge in [0, 0.05) is 0 Å². The molecule has 2 heterocycles. The Morgan fingerprint density at radius 2 is 1.72 bits per heavy atom.